The molecule has 0 aliphatic heterocycles. The van der Waals surface area contributed by atoms with Crippen molar-refractivity contribution in [3.63, 3.8) is 0 Å². The van der Waals surface area contributed by atoms with Gasteiger partial charge in [-0.2, -0.15) is 0 Å². The average molecular weight is 270 g/mol. The van der Waals surface area contributed by atoms with Gasteiger partial charge in [-0.3, -0.25) is 4.98 Å². The molecule has 0 radical (unpaired) electrons. The van der Waals surface area contributed by atoms with Gasteiger partial charge in [-0.05, 0) is 49.9 Å². The van der Waals surface area contributed by atoms with Crippen LogP contribution in [0.15, 0.2) is 30.3 Å². The van der Waals surface area contributed by atoms with Crippen molar-refractivity contribution >= 4 is 10.9 Å². The summed E-state index contributed by atoms with van der Waals surface area (Å²) in [5.41, 5.74) is 3.63. The molecule has 1 atom stereocenters. The van der Waals surface area contributed by atoms with Gasteiger partial charge in [-0.25, -0.2) is 0 Å². The first kappa shape index (κ1) is 15.0. The maximum Gasteiger partial charge on any atom is 0.0707 e. The highest BCUT2D eigenvalue weighted by molar-refractivity contribution is 5.82. The number of nitrogens with one attached hydrogen (secondary N) is 1. The van der Waals surface area contributed by atoms with Gasteiger partial charge < -0.3 is 5.32 Å². The number of benzene rings is 1. The third-order valence-electron chi connectivity index (χ3n) is 3.83. The molecule has 1 aromatic carbocycles. The molecule has 2 heteroatoms. The fourth-order valence-electron chi connectivity index (χ4n) is 2.67. The number of hydrogen-bond acceptors (Lipinski definition) is 2. The summed E-state index contributed by atoms with van der Waals surface area (Å²) < 4.78 is 0. The van der Waals surface area contributed by atoms with Crippen LogP contribution in [0.25, 0.3) is 10.9 Å². The lowest BCUT2D eigenvalue weighted by Gasteiger charge is -2.23. The monoisotopic (exact) mass is 270 g/mol. The van der Waals surface area contributed by atoms with Crippen LogP contribution in [0.1, 0.15) is 38.4 Å². The second kappa shape index (κ2) is 6.85. The number of hydrogen-bond donors (Lipinski definition) is 1. The van der Waals surface area contributed by atoms with E-state index in [4.69, 9.17) is 0 Å². The number of para-hydroxylation sites is 1. The molecule has 1 N–H and O–H groups in total. The molecule has 0 saturated carbocycles. The second-order valence-electron chi connectivity index (χ2n) is 5.95. The largest absolute Gasteiger partial charge is 0.313 e. The van der Waals surface area contributed by atoms with Crippen LogP contribution in [0.2, 0.25) is 0 Å². The van der Waals surface area contributed by atoms with Crippen molar-refractivity contribution in [3.05, 3.63) is 41.6 Å². The predicted molar refractivity (Wildman–Crippen MR) is 87.1 cm³/mol. The number of pyridine rings is 1. The van der Waals surface area contributed by atoms with Crippen molar-refractivity contribution in [2.45, 2.75) is 46.6 Å². The van der Waals surface area contributed by atoms with Crippen LogP contribution in [0.5, 0.6) is 0 Å². The normalized spacial score (nSPS) is 13.1. The minimum atomic E-state index is 0.528. The predicted octanol–water partition coefficient (Wildman–Crippen LogP) is 4.11. The summed E-state index contributed by atoms with van der Waals surface area (Å²) in [6.45, 7) is 9.98. The van der Waals surface area contributed by atoms with E-state index in [-0.39, 0.29) is 0 Å². The molecule has 0 bridgehead atoms. The van der Waals surface area contributed by atoms with E-state index < -0.39 is 0 Å². The summed E-state index contributed by atoms with van der Waals surface area (Å²) in [6, 6.07) is 11.2. The molecule has 2 aromatic rings. The van der Waals surface area contributed by atoms with Gasteiger partial charge in [-0.1, -0.05) is 39.0 Å². The lowest BCUT2D eigenvalue weighted by Crippen LogP contribution is -2.36. The van der Waals surface area contributed by atoms with E-state index in [9.17, 15) is 0 Å². The van der Waals surface area contributed by atoms with Crippen LogP contribution < -0.4 is 5.32 Å². The van der Waals surface area contributed by atoms with E-state index in [1.807, 2.05) is 0 Å². The molecule has 0 spiro atoms. The van der Waals surface area contributed by atoms with Gasteiger partial charge in [0.1, 0.15) is 0 Å². The number of aromatic nitrogens is 1. The summed E-state index contributed by atoms with van der Waals surface area (Å²) in [4.78, 5) is 4.63. The van der Waals surface area contributed by atoms with Crippen molar-refractivity contribution in [2.75, 3.05) is 6.54 Å². The Morgan fingerprint density at radius 2 is 1.95 bits per heavy atom. The minimum absolute atomic E-state index is 0.528. The molecule has 108 valence electrons. The van der Waals surface area contributed by atoms with Crippen LogP contribution in [0.3, 0.4) is 0 Å². The standard InChI is InChI=1S/C18H26N2/c1-5-10-19-18(13(2)3)12-15-11-14(4)20-17-9-7-6-8-16(15)17/h6-9,11,13,18-19H,5,10,12H2,1-4H3. The van der Waals surface area contributed by atoms with Gasteiger partial charge >= 0.3 is 0 Å². The lowest BCUT2D eigenvalue weighted by atomic mass is 9.94. The van der Waals surface area contributed by atoms with Gasteiger partial charge in [0.05, 0.1) is 5.52 Å². The number of fused-ring (bicyclic) bond motifs is 1. The summed E-state index contributed by atoms with van der Waals surface area (Å²) in [7, 11) is 0. The maximum atomic E-state index is 4.63. The van der Waals surface area contributed by atoms with Gasteiger partial charge in [0.15, 0.2) is 0 Å². The van der Waals surface area contributed by atoms with E-state index in [2.05, 4.69) is 68.3 Å². The molecule has 1 heterocycles. The van der Waals surface area contributed by atoms with Crippen LogP contribution in [-0.4, -0.2) is 17.6 Å². The summed E-state index contributed by atoms with van der Waals surface area (Å²) in [5, 5.41) is 4.97. The fraction of sp³-hybridized carbons (Fsp3) is 0.500. The van der Waals surface area contributed by atoms with E-state index in [0.29, 0.717) is 12.0 Å². The Balaban J connectivity index is 2.31. The molecule has 2 rings (SSSR count). The zero-order valence-electron chi connectivity index (χ0n) is 13.1. The van der Waals surface area contributed by atoms with Crippen molar-refractivity contribution in [3.8, 4) is 0 Å². The Hall–Kier alpha value is -1.41. The van der Waals surface area contributed by atoms with Crippen LogP contribution in [0.4, 0.5) is 0 Å². The fourth-order valence-corrected chi connectivity index (χ4v) is 2.67. The quantitative estimate of drug-likeness (QED) is 0.854. The molecule has 2 nitrogen and oxygen atoms in total. The van der Waals surface area contributed by atoms with Crippen LogP contribution in [0, 0.1) is 12.8 Å². The summed E-state index contributed by atoms with van der Waals surface area (Å²) >= 11 is 0. The third-order valence-corrected chi connectivity index (χ3v) is 3.83. The van der Waals surface area contributed by atoms with Crippen molar-refractivity contribution in [1.82, 2.24) is 10.3 Å². The first-order valence-electron chi connectivity index (χ1n) is 7.70. The molecule has 20 heavy (non-hydrogen) atoms. The van der Waals surface area contributed by atoms with Gasteiger partial charge in [0.25, 0.3) is 0 Å². The molecule has 0 aliphatic carbocycles. The van der Waals surface area contributed by atoms with E-state index in [1.165, 1.54) is 17.4 Å². The molecule has 0 fully saturated rings. The number of nitrogens with zero attached hydrogens (tertiary/aromatic N) is 1. The van der Waals surface area contributed by atoms with Crippen LogP contribution >= 0.6 is 0 Å². The first-order valence-corrected chi connectivity index (χ1v) is 7.70. The average Bonchev–Trinajstić information content (AvgIpc) is 2.42. The van der Waals surface area contributed by atoms with E-state index >= 15 is 0 Å². The Morgan fingerprint density at radius 1 is 1.20 bits per heavy atom. The summed E-state index contributed by atoms with van der Waals surface area (Å²) in [5.74, 6) is 0.633. The highest BCUT2D eigenvalue weighted by atomic mass is 14.9. The molecule has 1 unspecified atom stereocenters. The van der Waals surface area contributed by atoms with Gasteiger partial charge in [-0.15, -0.1) is 0 Å². The Bertz CT molecular complexity index is 560. The Labute approximate surface area is 122 Å². The molecule has 0 aliphatic rings. The molecular formula is C18H26N2. The van der Waals surface area contributed by atoms with Crippen molar-refractivity contribution in [1.29, 1.82) is 0 Å². The maximum absolute atomic E-state index is 4.63. The SMILES string of the molecule is CCCNC(Cc1cc(C)nc2ccccc12)C(C)C. The lowest BCUT2D eigenvalue weighted by molar-refractivity contribution is 0.398. The highest BCUT2D eigenvalue weighted by Crippen LogP contribution is 2.21. The van der Waals surface area contributed by atoms with Crippen molar-refractivity contribution in [2.24, 2.45) is 5.92 Å². The number of aryl methyl sites for hydroxylation is 1. The van der Waals surface area contributed by atoms with Gasteiger partial charge in [0, 0.05) is 17.1 Å². The van der Waals surface area contributed by atoms with E-state index in [1.54, 1.807) is 0 Å². The molecule has 0 saturated heterocycles. The third kappa shape index (κ3) is 3.57. The Kier molecular flexibility index (Phi) is 5.13. The molecule has 1 aromatic heterocycles. The zero-order chi connectivity index (χ0) is 14.5. The van der Waals surface area contributed by atoms with E-state index in [0.717, 1.165) is 24.2 Å². The second-order valence-corrected chi connectivity index (χ2v) is 5.95. The minimum Gasteiger partial charge on any atom is -0.313 e. The van der Waals surface area contributed by atoms with Crippen LogP contribution in [-0.2, 0) is 6.42 Å². The van der Waals surface area contributed by atoms with Crippen molar-refractivity contribution < 1.29 is 0 Å². The molecule has 0 amide bonds. The highest BCUT2D eigenvalue weighted by Gasteiger charge is 2.15. The number of rotatable bonds is 6. The molecular weight excluding hydrogens is 244 g/mol. The smallest absolute Gasteiger partial charge is 0.0707 e. The van der Waals surface area contributed by atoms with Gasteiger partial charge in [0.2, 0.25) is 0 Å². The summed E-state index contributed by atoms with van der Waals surface area (Å²) in [6.07, 6.45) is 2.25. The Morgan fingerprint density at radius 3 is 2.65 bits per heavy atom. The zero-order valence-corrected chi connectivity index (χ0v) is 13.1. The first-order chi connectivity index (χ1) is 9.61. The topological polar surface area (TPSA) is 24.9 Å².